The number of hydrogen-bond donors (Lipinski definition) is 2. The number of anilines is 1. The maximum Gasteiger partial charge on any atom is 0.252 e. The predicted octanol–water partition coefficient (Wildman–Crippen LogP) is 1.53. The second-order valence-corrected chi connectivity index (χ2v) is 4.37. The number of nitrogens with one attached hydrogen (secondary N) is 2. The van der Waals surface area contributed by atoms with Crippen molar-refractivity contribution in [2.75, 3.05) is 18.4 Å². The Bertz CT molecular complexity index is 521. The van der Waals surface area contributed by atoms with Crippen LogP contribution in [0.15, 0.2) is 37.1 Å². The Labute approximate surface area is 118 Å². The van der Waals surface area contributed by atoms with Gasteiger partial charge in [-0.3, -0.25) is 4.79 Å². The van der Waals surface area contributed by atoms with Crippen LogP contribution in [-0.4, -0.2) is 33.5 Å². The van der Waals surface area contributed by atoms with Crippen LogP contribution >= 0.6 is 0 Å². The largest absolute Gasteiger partial charge is 0.370 e. The van der Waals surface area contributed by atoms with Crippen molar-refractivity contribution in [2.24, 2.45) is 0 Å². The second kappa shape index (κ2) is 7.28. The summed E-state index contributed by atoms with van der Waals surface area (Å²) < 4.78 is 2.04. The topological polar surface area (TPSA) is 71.8 Å². The van der Waals surface area contributed by atoms with Gasteiger partial charge in [-0.25, -0.2) is 9.97 Å². The molecule has 0 aliphatic heterocycles. The van der Waals surface area contributed by atoms with E-state index in [1.807, 2.05) is 23.8 Å². The molecule has 0 spiro atoms. The molecule has 0 aromatic carbocycles. The molecule has 0 unspecified atom stereocenters. The fourth-order valence-electron chi connectivity index (χ4n) is 1.79. The van der Waals surface area contributed by atoms with Crippen molar-refractivity contribution in [1.29, 1.82) is 0 Å². The van der Waals surface area contributed by atoms with Gasteiger partial charge in [0.25, 0.3) is 5.91 Å². The van der Waals surface area contributed by atoms with E-state index in [1.165, 1.54) is 0 Å². The lowest BCUT2D eigenvalue weighted by Gasteiger charge is -2.07. The van der Waals surface area contributed by atoms with Gasteiger partial charge in [0.1, 0.15) is 5.82 Å². The molecule has 2 heterocycles. The van der Waals surface area contributed by atoms with Gasteiger partial charge in [-0.2, -0.15) is 0 Å². The molecule has 0 saturated carbocycles. The van der Waals surface area contributed by atoms with E-state index in [2.05, 4.69) is 20.6 Å². The second-order valence-electron chi connectivity index (χ2n) is 4.37. The molecular weight excluding hydrogens is 254 g/mol. The maximum atomic E-state index is 11.6. The van der Waals surface area contributed by atoms with Crippen LogP contribution in [0.25, 0.3) is 0 Å². The SMILES string of the molecule is CCNC(=O)c1ccc(NCCCn2ccnc2)nc1. The molecule has 0 radical (unpaired) electrons. The Balaban J connectivity index is 1.74. The van der Waals surface area contributed by atoms with Gasteiger partial charge in [-0.1, -0.05) is 0 Å². The third-order valence-corrected chi connectivity index (χ3v) is 2.82. The number of rotatable bonds is 7. The number of carbonyl (C=O) groups excluding carboxylic acids is 1. The summed E-state index contributed by atoms with van der Waals surface area (Å²) in [7, 11) is 0. The van der Waals surface area contributed by atoms with E-state index >= 15 is 0 Å². The van der Waals surface area contributed by atoms with E-state index in [-0.39, 0.29) is 5.91 Å². The first-order valence-electron chi connectivity index (χ1n) is 6.73. The van der Waals surface area contributed by atoms with Crippen LogP contribution in [0.1, 0.15) is 23.7 Å². The van der Waals surface area contributed by atoms with Gasteiger partial charge in [-0.05, 0) is 25.5 Å². The summed E-state index contributed by atoms with van der Waals surface area (Å²) in [5, 5.41) is 5.97. The molecule has 106 valence electrons. The third kappa shape index (κ3) is 4.08. The Morgan fingerprint density at radius 3 is 2.95 bits per heavy atom. The zero-order valence-electron chi connectivity index (χ0n) is 11.5. The summed E-state index contributed by atoms with van der Waals surface area (Å²) >= 11 is 0. The molecular formula is C14H19N5O. The number of carbonyl (C=O) groups is 1. The summed E-state index contributed by atoms with van der Waals surface area (Å²) in [5.74, 6) is 0.690. The van der Waals surface area contributed by atoms with Crippen molar-refractivity contribution < 1.29 is 4.79 Å². The average molecular weight is 273 g/mol. The Kier molecular flexibility index (Phi) is 5.11. The summed E-state index contributed by atoms with van der Waals surface area (Å²) in [5.41, 5.74) is 0.579. The molecule has 0 bridgehead atoms. The molecule has 0 aliphatic carbocycles. The quantitative estimate of drug-likeness (QED) is 0.750. The summed E-state index contributed by atoms with van der Waals surface area (Å²) in [6.07, 6.45) is 8.09. The first-order valence-corrected chi connectivity index (χ1v) is 6.73. The number of hydrogen-bond acceptors (Lipinski definition) is 4. The van der Waals surface area contributed by atoms with Crippen molar-refractivity contribution in [3.05, 3.63) is 42.6 Å². The van der Waals surface area contributed by atoms with Crippen LogP contribution in [0.3, 0.4) is 0 Å². The molecule has 6 nitrogen and oxygen atoms in total. The van der Waals surface area contributed by atoms with Crippen LogP contribution in [-0.2, 0) is 6.54 Å². The van der Waals surface area contributed by atoms with E-state index in [0.717, 1.165) is 25.3 Å². The molecule has 2 N–H and O–H groups in total. The van der Waals surface area contributed by atoms with Gasteiger partial charge in [0, 0.05) is 38.2 Å². The van der Waals surface area contributed by atoms with E-state index in [9.17, 15) is 4.79 Å². The number of amides is 1. The molecule has 1 amide bonds. The summed E-state index contributed by atoms with van der Waals surface area (Å²) in [4.78, 5) is 19.8. The van der Waals surface area contributed by atoms with Crippen molar-refractivity contribution in [1.82, 2.24) is 19.9 Å². The molecule has 0 aliphatic rings. The Morgan fingerprint density at radius 1 is 1.40 bits per heavy atom. The Morgan fingerprint density at radius 2 is 2.30 bits per heavy atom. The number of aromatic nitrogens is 3. The van der Waals surface area contributed by atoms with Gasteiger partial charge >= 0.3 is 0 Å². The minimum Gasteiger partial charge on any atom is -0.370 e. The fraction of sp³-hybridized carbons (Fsp3) is 0.357. The van der Waals surface area contributed by atoms with E-state index in [4.69, 9.17) is 0 Å². The van der Waals surface area contributed by atoms with Gasteiger partial charge in [0.2, 0.25) is 0 Å². The van der Waals surface area contributed by atoms with Crippen molar-refractivity contribution in [3.8, 4) is 0 Å². The zero-order chi connectivity index (χ0) is 14.2. The van der Waals surface area contributed by atoms with Gasteiger partial charge in [0.05, 0.1) is 11.9 Å². The maximum absolute atomic E-state index is 11.6. The van der Waals surface area contributed by atoms with Gasteiger partial charge in [0.15, 0.2) is 0 Å². The van der Waals surface area contributed by atoms with Gasteiger partial charge < -0.3 is 15.2 Å². The molecule has 2 aromatic heterocycles. The van der Waals surface area contributed by atoms with Crippen LogP contribution in [0.4, 0.5) is 5.82 Å². The third-order valence-electron chi connectivity index (χ3n) is 2.82. The lowest BCUT2D eigenvalue weighted by Crippen LogP contribution is -2.22. The highest BCUT2D eigenvalue weighted by molar-refractivity contribution is 5.93. The highest BCUT2D eigenvalue weighted by Gasteiger charge is 2.03. The molecule has 2 aromatic rings. The number of aryl methyl sites for hydroxylation is 1. The first kappa shape index (κ1) is 14.0. The van der Waals surface area contributed by atoms with Crippen molar-refractivity contribution in [3.63, 3.8) is 0 Å². The standard InChI is InChI=1S/C14H19N5O/c1-2-16-14(20)12-4-5-13(18-10-12)17-6-3-8-19-9-7-15-11-19/h4-5,7,9-11H,2-3,6,8H2,1H3,(H,16,20)(H,17,18). The van der Waals surface area contributed by atoms with Crippen LogP contribution in [0.5, 0.6) is 0 Å². The number of nitrogens with zero attached hydrogens (tertiary/aromatic N) is 3. The molecule has 0 fully saturated rings. The van der Waals surface area contributed by atoms with E-state index in [1.54, 1.807) is 24.8 Å². The lowest BCUT2D eigenvalue weighted by atomic mass is 10.2. The zero-order valence-corrected chi connectivity index (χ0v) is 11.5. The normalized spacial score (nSPS) is 10.2. The summed E-state index contributed by atoms with van der Waals surface area (Å²) in [6, 6.07) is 3.60. The molecule has 2 rings (SSSR count). The van der Waals surface area contributed by atoms with Crippen molar-refractivity contribution >= 4 is 11.7 Å². The molecule has 6 heteroatoms. The monoisotopic (exact) mass is 273 g/mol. The minimum atomic E-state index is -0.0911. The highest BCUT2D eigenvalue weighted by atomic mass is 16.1. The number of pyridine rings is 1. The van der Waals surface area contributed by atoms with Crippen molar-refractivity contribution in [2.45, 2.75) is 19.9 Å². The van der Waals surface area contributed by atoms with E-state index in [0.29, 0.717) is 12.1 Å². The summed E-state index contributed by atoms with van der Waals surface area (Å²) in [6.45, 7) is 4.25. The number of imidazole rings is 1. The molecule has 0 atom stereocenters. The molecule has 20 heavy (non-hydrogen) atoms. The smallest absolute Gasteiger partial charge is 0.252 e. The predicted molar refractivity (Wildman–Crippen MR) is 77.6 cm³/mol. The average Bonchev–Trinajstić information content (AvgIpc) is 2.98. The minimum absolute atomic E-state index is 0.0911. The highest BCUT2D eigenvalue weighted by Crippen LogP contribution is 2.05. The van der Waals surface area contributed by atoms with Crippen LogP contribution < -0.4 is 10.6 Å². The molecule has 0 saturated heterocycles. The van der Waals surface area contributed by atoms with Gasteiger partial charge in [-0.15, -0.1) is 0 Å². The Hall–Kier alpha value is -2.37. The van der Waals surface area contributed by atoms with Crippen LogP contribution in [0.2, 0.25) is 0 Å². The first-order chi connectivity index (χ1) is 9.79. The van der Waals surface area contributed by atoms with Crippen LogP contribution in [0, 0.1) is 0 Å². The lowest BCUT2D eigenvalue weighted by molar-refractivity contribution is 0.0955. The fourth-order valence-corrected chi connectivity index (χ4v) is 1.79. The van der Waals surface area contributed by atoms with E-state index < -0.39 is 0 Å².